The van der Waals surface area contributed by atoms with Crippen molar-refractivity contribution >= 4 is 6.09 Å². The highest BCUT2D eigenvalue weighted by molar-refractivity contribution is 5.68. The van der Waals surface area contributed by atoms with E-state index in [1.807, 2.05) is 36.4 Å². The van der Waals surface area contributed by atoms with E-state index in [9.17, 15) is 4.79 Å². The van der Waals surface area contributed by atoms with Crippen LogP contribution in [-0.2, 0) is 11.2 Å². The summed E-state index contributed by atoms with van der Waals surface area (Å²) in [4.78, 5) is 12.0. The molecule has 2 aromatic rings. The Hall–Kier alpha value is -2.73. The molecule has 3 rings (SSSR count). The van der Waals surface area contributed by atoms with Crippen LogP contribution in [0.4, 0.5) is 4.79 Å². The lowest BCUT2D eigenvalue weighted by molar-refractivity contribution is 0.135. The standard InChI is InChI=1S/C21H26N2O4/c1-2-25-21(24)23-19-14-27-20-9-8-16(26-11-10-22)13-18(20)17(19)12-15-6-4-3-5-7-15/h3-9,13,17,19H,2,10-12,14,22H2,1H3,(H,23,24). The zero-order chi connectivity index (χ0) is 19.1. The minimum absolute atomic E-state index is 0.0435. The first kappa shape index (κ1) is 19.0. The van der Waals surface area contributed by atoms with Crippen LogP contribution in [0.5, 0.6) is 11.5 Å². The monoisotopic (exact) mass is 370 g/mol. The van der Waals surface area contributed by atoms with E-state index < -0.39 is 6.09 Å². The molecule has 1 aliphatic heterocycles. The van der Waals surface area contributed by atoms with Crippen molar-refractivity contribution in [1.29, 1.82) is 0 Å². The van der Waals surface area contributed by atoms with E-state index in [1.54, 1.807) is 6.92 Å². The SMILES string of the molecule is CCOC(=O)NC1COc2ccc(OCCN)cc2C1Cc1ccccc1. The number of carbonyl (C=O) groups is 1. The van der Waals surface area contributed by atoms with E-state index in [0.29, 0.717) is 26.4 Å². The molecule has 0 saturated heterocycles. The van der Waals surface area contributed by atoms with E-state index in [0.717, 1.165) is 23.5 Å². The summed E-state index contributed by atoms with van der Waals surface area (Å²) < 4.78 is 16.6. The second-order valence-electron chi connectivity index (χ2n) is 6.42. The maximum Gasteiger partial charge on any atom is 0.407 e. The van der Waals surface area contributed by atoms with Crippen molar-refractivity contribution in [2.75, 3.05) is 26.4 Å². The Morgan fingerprint density at radius 2 is 2.07 bits per heavy atom. The molecular weight excluding hydrogens is 344 g/mol. The normalized spacial score (nSPS) is 18.1. The van der Waals surface area contributed by atoms with Gasteiger partial charge in [0.05, 0.1) is 12.6 Å². The Morgan fingerprint density at radius 3 is 2.81 bits per heavy atom. The van der Waals surface area contributed by atoms with E-state index in [-0.39, 0.29) is 12.0 Å². The summed E-state index contributed by atoms with van der Waals surface area (Å²) in [7, 11) is 0. The van der Waals surface area contributed by atoms with Crippen molar-refractivity contribution in [2.24, 2.45) is 5.73 Å². The van der Waals surface area contributed by atoms with Gasteiger partial charge < -0.3 is 25.3 Å². The van der Waals surface area contributed by atoms with Crippen molar-refractivity contribution < 1.29 is 19.0 Å². The van der Waals surface area contributed by atoms with Crippen molar-refractivity contribution in [1.82, 2.24) is 5.32 Å². The molecule has 0 spiro atoms. The highest BCUT2D eigenvalue weighted by atomic mass is 16.5. The molecule has 1 aliphatic rings. The third kappa shape index (κ3) is 4.92. The minimum atomic E-state index is -0.428. The molecule has 0 aliphatic carbocycles. The highest BCUT2D eigenvalue weighted by Gasteiger charge is 2.33. The molecule has 6 heteroatoms. The van der Waals surface area contributed by atoms with Crippen LogP contribution in [0.25, 0.3) is 0 Å². The second kappa shape index (κ2) is 9.28. The van der Waals surface area contributed by atoms with Crippen LogP contribution in [0.1, 0.15) is 24.0 Å². The number of nitrogens with one attached hydrogen (secondary N) is 1. The van der Waals surface area contributed by atoms with Gasteiger partial charge in [-0.1, -0.05) is 30.3 Å². The predicted octanol–water partition coefficient (Wildman–Crippen LogP) is 2.86. The van der Waals surface area contributed by atoms with Gasteiger partial charge in [0.2, 0.25) is 0 Å². The number of benzene rings is 2. The molecule has 144 valence electrons. The first-order valence-corrected chi connectivity index (χ1v) is 9.28. The molecular formula is C21H26N2O4. The molecule has 1 amide bonds. The fraction of sp³-hybridized carbons (Fsp3) is 0.381. The second-order valence-corrected chi connectivity index (χ2v) is 6.42. The highest BCUT2D eigenvalue weighted by Crippen LogP contribution is 2.38. The molecule has 0 fully saturated rings. The summed E-state index contributed by atoms with van der Waals surface area (Å²) in [5.41, 5.74) is 7.75. The molecule has 3 N–H and O–H groups in total. The molecule has 0 aromatic heterocycles. The fourth-order valence-electron chi connectivity index (χ4n) is 3.31. The topological polar surface area (TPSA) is 82.8 Å². The Balaban J connectivity index is 1.89. The molecule has 2 atom stereocenters. The Bertz CT molecular complexity index is 751. The number of amides is 1. The number of carbonyl (C=O) groups excluding carboxylic acids is 1. The molecule has 0 saturated carbocycles. The summed E-state index contributed by atoms with van der Waals surface area (Å²) >= 11 is 0. The van der Waals surface area contributed by atoms with E-state index >= 15 is 0 Å². The van der Waals surface area contributed by atoms with Gasteiger partial charge in [-0.2, -0.15) is 0 Å². The number of hydrogen-bond donors (Lipinski definition) is 2. The van der Waals surface area contributed by atoms with Gasteiger partial charge in [0.25, 0.3) is 0 Å². The number of hydrogen-bond acceptors (Lipinski definition) is 5. The van der Waals surface area contributed by atoms with Crippen LogP contribution in [0, 0.1) is 0 Å². The summed E-state index contributed by atoms with van der Waals surface area (Å²) in [6, 6.07) is 15.8. The van der Waals surface area contributed by atoms with Crippen LogP contribution >= 0.6 is 0 Å². The lowest BCUT2D eigenvalue weighted by atomic mass is 9.84. The van der Waals surface area contributed by atoms with Gasteiger partial charge in [-0.25, -0.2) is 4.79 Å². The van der Waals surface area contributed by atoms with Crippen LogP contribution < -0.4 is 20.5 Å². The summed E-state index contributed by atoms with van der Waals surface area (Å²) in [6.45, 7) is 3.42. The van der Waals surface area contributed by atoms with E-state index in [1.165, 1.54) is 5.56 Å². The van der Waals surface area contributed by atoms with Crippen molar-refractivity contribution in [3.05, 3.63) is 59.7 Å². The van der Waals surface area contributed by atoms with Gasteiger partial charge in [-0.3, -0.25) is 0 Å². The smallest absolute Gasteiger partial charge is 0.407 e. The van der Waals surface area contributed by atoms with Gasteiger partial charge in [0.15, 0.2) is 0 Å². The van der Waals surface area contributed by atoms with Crippen molar-refractivity contribution in [3.63, 3.8) is 0 Å². The third-order valence-corrected chi connectivity index (χ3v) is 4.55. The average Bonchev–Trinajstić information content (AvgIpc) is 2.69. The fourth-order valence-corrected chi connectivity index (χ4v) is 3.31. The quantitative estimate of drug-likeness (QED) is 0.783. The lowest BCUT2D eigenvalue weighted by Gasteiger charge is -2.34. The largest absolute Gasteiger partial charge is 0.492 e. The zero-order valence-corrected chi connectivity index (χ0v) is 15.5. The molecule has 6 nitrogen and oxygen atoms in total. The van der Waals surface area contributed by atoms with Crippen LogP contribution in [-0.4, -0.2) is 38.5 Å². The van der Waals surface area contributed by atoms with Gasteiger partial charge in [0, 0.05) is 18.0 Å². The minimum Gasteiger partial charge on any atom is -0.492 e. The van der Waals surface area contributed by atoms with Crippen LogP contribution in [0.2, 0.25) is 0 Å². The number of rotatable bonds is 7. The van der Waals surface area contributed by atoms with Crippen LogP contribution in [0.15, 0.2) is 48.5 Å². The molecule has 1 heterocycles. The Labute approximate surface area is 159 Å². The van der Waals surface area contributed by atoms with Crippen LogP contribution in [0.3, 0.4) is 0 Å². The first-order chi connectivity index (χ1) is 13.2. The molecule has 2 aromatic carbocycles. The molecule has 0 radical (unpaired) electrons. The van der Waals surface area contributed by atoms with E-state index in [2.05, 4.69) is 17.4 Å². The zero-order valence-electron chi connectivity index (χ0n) is 15.5. The first-order valence-electron chi connectivity index (χ1n) is 9.28. The summed E-state index contributed by atoms with van der Waals surface area (Å²) in [5.74, 6) is 1.61. The number of nitrogens with two attached hydrogens (primary N) is 1. The summed E-state index contributed by atoms with van der Waals surface area (Å²) in [6.07, 6.45) is 0.345. The van der Waals surface area contributed by atoms with Crippen molar-refractivity contribution in [2.45, 2.75) is 25.3 Å². The summed E-state index contributed by atoms with van der Waals surface area (Å²) in [5, 5.41) is 2.95. The van der Waals surface area contributed by atoms with Gasteiger partial charge in [-0.05, 0) is 37.1 Å². The lowest BCUT2D eigenvalue weighted by Crippen LogP contribution is -2.46. The van der Waals surface area contributed by atoms with E-state index in [4.69, 9.17) is 19.9 Å². The Kier molecular flexibility index (Phi) is 6.54. The van der Waals surface area contributed by atoms with Gasteiger partial charge >= 0.3 is 6.09 Å². The predicted molar refractivity (Wildman–Crippen MR) is 103 cm³/mol. The maximum absolute atomic E-state index is 12.0. The Morgan fingerprint density at radius 1 is 1.26 bits per heavy atom. The molecule has 27 heavy (non-hydrogen) atoms. The number of alkyl carbamates (subject to hydrolysis) is 1. The number of ether oxygens (including phenoxy) is 3. The molecule has 0 bridgehead atoms. The van der Waals surface area contributed by atoms with Gasteiger partial charge in [-0.15, -0.1) is 0 Å². The molecule has 2 unspecified atom stereocenters. The maximum atomic E-state index is 12.0. The van der Waals surface area contributed by atoms with Gasteiger partial charge in [0.1, 0.15) is 24.7 Å². The average molecular weight is 370 g/mol. The number of fused-ring (bicyclic) bond motifs is 1. The third-order valence-electron chi connectivity index (χ3n) is 4.55. The van der Waals surface area contributed by atoms with Crippen molar-refractivity contribution in [3.8, 4) is 11.5 Å².